The Kier molecular flexibility index (Phi) is 4.88. The van der Waals surface area contributed by atoms with Crippen LogP contribution < -0.4 is 9.47 Å². The highest BCUT2D eigenvalue weighted by Gasteiger charge is 2.18. The highest BCUT2D eigenvalue weighted by atomic mass is 32.2. The van der Waals surface area contributed by atoms with Crippen LogP contribution in [0.5, 0.6) is 11.5 Å². The van der Waals surface area contributed by atoms with Crippen LogP contribution in [0.15, 0.2) is 69.1 Å². The minimum absolute atomic E-state index is 0.424. The number of rotatable bonds is 4. The Labute approximate surface area is 178 Å². The Morgan fingerprint density at radius 1 is 0.867 bits per heavy atom. The molecule has 0 aliphatic carbocycles. The van der Waals surface area contributed by atoms with E-state index in [1.165, 1.54) is 11.1 Å². The Morgan fingerprint density at radius 3 is 2.57 bits per heavy atom. The molecule has 1 aliphatic heterocycles. The lowest BCUT2D eigenvalue weighted by atomic mass is 10.2. The van der Waals surface area contributed by atoms with Crippen LogP contribution >= 0.6 is 11.8 Å². The molecule has 1 aliphatic rings. The number of aromatic nitrogens is 3. The summed E-state index contributed by atoms with van der Waals surface area (Å²) < 4.78 is 17.2. The third kappa shape index (κ3) is 3.64. The van der Waals surface area contributed by atoms with Gasteiger partial charge in [0.05, 0.1) is 5.56 Å². The zero-order chi connectivity index (χ0) is 20.5. The predicted molar refractivity (Wildman–Crippen MR) is 114 cm³/mol. The van der Waals surface area contributed by atoms with E-state index in [0.717, 1.165) is 26.8 Å². The summed E-state index contributed by atoms with van der Waals surface area (Å²) in [5, 5.41) is 9.33. The van der Waals surface area contributed by atoms with E-state index in [-0.39, 0.29) is 0 Å². The van der Waals surface area contributed by atoms with Crippen molar-refractivity contribution < 1.29 is 13.9 Å². The largest absolute Gasteiger partial charge is 0.486 e. The highest BCUT2D eigenvalue weighted by Crippen LogP contribution is 2.38. The van der Waals surface area contributed by atoms with Gasteiger partial charge in [-0.15, -0.1) is 10.2 Å². The van der Waals surface area contributed by atoms with Crippen LogP contribution in [-0.4, -0.2) is 28.4 Å². The van der Waals surface area contributed by atoms with Gasteiger partial charge in [0.1, 0.15) is 18.2 Å². The van der Waals surface area contributed by atoms with Crippen LogP contribution in [0.25, 0.3) is 22.9 Å². The average molecular weight is 417 g/mol. The van der Waals surface area contributed by atoms with Gasteiger partial charge in [0.15, 0.2) is 11.5 Å². The van der Waals surface area contributed by atoms with Gasteiger partial charge < -0.3 is 13.9 Å². The molecule has 0 saturated heterocycles. The predicted octanol–water partition coefficient (Wildman–Crippen LogP) is 5.34. The van der Waals surface area contributed by atoms with E-state index in [4.69, 9.17) is 13.9 Å². The molecule has 6 nitrogen and oxygen atoms in total. The number of hydrogen-bond donors (Lipinski definition) is 0. The number of benzene rings is 2. The third-order valence-electron chi connectivity index (χ3n) is 4.75. The zero-order valence-corrected chi connectivity index (χ0v) is 17.4. The quantitative estimate of drug-likeness (QED) is 0.444. The van der Waals surface area contributed by atoms with Crippen LogP contribution in [0.2, 0.25) is 0 Å². The molecule has 0 fully saturated rings. The molecule has 0 unspecified atom stereocenters. The van der Waals surface area contributed by atoms with Crippen LogP contribution in [0.1, 0.15) is 11.1 Å². The summed E-state index contributed by atoms with van der Waals surface area (Å²) in [6.07, 6.45) is 1.77. The third-order valence-corrected chi connectivity index (χ3v) is 5.95. The normalized spacial score (nSPS) is 12.7. The average Bonchev–Trinajstić information content (AvgIpc) is 3.26. The second kappa shape index (κ2) is 7.84. The SMILES string of the molecule is Cc1ccc(Sc2ncccc2-c2nnc(-c3ccc4c(c3)OCCO4)o2)c(C)c1. The first-order chi connectivity index (χ1) is 14.7. The van der Waals surface area contributed by atoms with Crippen LogP contribution in [0, 0.1) is 13.8 Å². The smallest absolute Gasteiger partial charge is 0.250 e. The Bertz CT molecular complexity index is 1220. The van der Waals surface area contributed by atoms with Crippen molar-refractivity contribution in [3.05, 3.63) is 65.9 Å². The Hall–Kier alpha value is -3.32. The summed E-state index contributed by atoms with van der Waals surface area (Å²) >= 11 is 1.59. The second-order valence-electron chi connectivity index (χ2n) is 7.00. The van der Waals surface area contributed by atoms with Gasteiger partial charge in [0, 0.05) is 16.7 Å². The first-order valence-electron chi connectivity index (χ1n) is 9.61. The second-order valence-corrected chi connectivity index (χ2v) is 8.03. The number of fused-ring (bicyclic) bond motifs is 1. The minimum atomic E-state index is 0.424. The van der Waals surface area contributed by atoms with Crippen molar-refractivity contribution >= 4 is 11.8 Å². The molecule has 0 saturated carbocycles. The summed E-state index contributed by atoms with van der Waals surface area (Å²) in [5.41, 5.74) is 4.03. The summed E-state index contributed by atoms with van der Waals surface area (Å²) in [7, 11) is 0. The molecular weight excluding hydrogens is 398 g/mol. The standard InChI is InChI=1S/C23H19N3O3S/c1-14-5-8-20(15(2)12-14)30-23-17(4-3-9-24-23)22-26-25-21(29-22)16-6-7-18-19(13-16)28-11-10-27-18/h3-9,12-13H,10-11H2,1-2H3. The van der Waals surface area contributed by atoms with Crippen LogP contribution in [0.4, 0.5) is 0 Å². The fraction of sp³-hybridized carbons (Fsp3) is 0.174. The van der Waals surface area contributed by atoms with Gasteiger partial charge in [-0.3, -0.25) is 0 Å². The van der Waals surface area contributed by atoms with Crippen LogP contribution in [0.3, 0.4) is 0 Å². The Balaban J connectivity index is 1.47. The van der Waals surface area contributed by atoms with Crippen molar-refractivity contribution in [2.24, 2.45) is 0 Å². The maximum Gasteiger partial charge on any atom is 0.250 e. The zero-order valence-electron chi connectivity index (χ0n) is 16.6. The highest BCUT2D eigenvalue weighted by molar-refractivity contribution is 7.99. The number of hydrogen-bond acceptors (Lipinski definition) is 7. The summed E-state index contributed by atoms with van der Waals surface area (Å²) in [4.78, 5) is 5.70. The van der Waals surface area contributed by atoms with E-state index in [2.05, 4.69) is 47.2 Å². The van der Waals surface area contributed by atoms with Crippen molar-refractivity contribution in [2.45, 2.75) is 23.8 Å². The van der Waals surface area contributed by atoms with Crippen molar-refractivity contribution in [3.63, 3.8) is 0 Å². The molecule has 3 heterocycles. The molecule has 30 heavy (non-hydrogen) atoms. The lowest BCUT2D eigenvalue weighted by Crippen LogP contribution is -2.15. The fourth-order valence-corrected chi connectivity index (χ4v) is 4.22. The van der Waals surface area contributed by atoms with E-state index < -0.39 is 0 Å². The number of pyridine rings is 1. The van der Waals surface area contributed by atoms with Gasteiger partial charge in [0.2, 0.25) is 5.89 Å². The first-order valence-corrected chi connectivity index (χ1v) is 10.4. The van der Waals surface area contributed by atoms with E-state index >= 15 is 0 Å². The number of nitrogens with zero attached hydrogens (tertiary/aromatic N) is 3. The molecule has 0 amide bonds. The van der Waals surface area contributed by atoms with Crippen molar-refractivity contribution in [1.82, 2.24) is 15.2 Å². The first kappa shape index (κ1) is 18.7. The van der Waals surface area contributed by atoms with Crippen molar-refractivity contribution in [1.29, 1.82) is 0 Å². The molecule has 2 aromatic carbocycles. The maximum absolute atomic E-state index is 6.00. The van der Waals surface area contributed by atoms with E-state index in [0.29, 0.717) is 30.7 Å². The van der Waals surface area contributed by atoms with Gasteiger partial charge in [0.25, 0.3) is 5.89 Å². The molecule has 0 bridgehead atoms. The van der Waals surface area contributed by atoms with E-state index in [1.54, 1.807) is 18.0 Å². The molecule has 5 rings (SSSR count). The van der Waals surface area contributed by atoms with Gasteiger partial charge in [-0.2, -0.15) is 0 Å². The topological polar surface area (TPSA) is 70.3 Å². The molecule has 0 radical (unpaired) electrons. The number of ether oxygens (including phenoxy) is 2. The van der Waals surface area contributed by atoms with Gasteiger partial charge in [-0.25, -0.2) is 4.98 Å². The summed E-state index contributed by atoms with van der Waals surface area (Å²) in [6.45, 7) is 5.27. The molecule has 150 valence electrons. The number of aryl methyl sites for hydroxylation is 2. The van der Waals surface area contributed by atoms with Gasteiger partial charge >= 0.3 is 0 Å². The maximum atomic E-state index is 6.00. The molecule has 4 aromatic rings. The van der Waals surface area contributed by atoms with Gasteiger partial charge in [-0.1, -0.05) is 29.5 Å². The summed E-state index contributed by atoms with van der Waals surface area (Å²) in [5.74, 6) is 2.27. The Morgan fingerprint density at radius 2 is 1.70 bits per heavy atom. The fourth-order valence-electron chi connectivity index (χ4n) is 3.28. The molecule has 2 aromatic heterocycles. The van der Waals surface area contributed by atoms with Crippen LogP contribution in [-0.2, 0) is 0 Å². The van der Waals surface area contributed by atoms with E-state index in [1.807, 2.05) is 30.3 Å². The molecule has 0 N–H and O–H groups in total. The van der Waals surface area contributed by atoms with Crippen molar-refractivity contribution in [3.8, 4) is 34.4 Å². The van der Waals surface area contributed by atoms with Gasteiger partial charge in [-0.05, 0) is 55.8 Å². The molecule has 0 spiro atoms. The van der Waals surface area contributed by atoms with Crippen molar-refractivity contribution in [2.75, 3.05) is 13.2 Å². The monoisotopic (exact) mass is 417 g/mol. The van der Waals surface area contributed by atoms with E-state index in [9.17, 15) is 0 Å². The lowest BCUT2D eigenvalue weighted by Gasteiger charge is -2.18. The molecule has 7 heteroatoms. The molecular formula is C23H19N3O3S. The summed E-state index contributed by atoms with van der Waals surface area (Å²) in [6, 6.07) is 15.8. The lowest BCUT2D eigenvalue weighted by molar-refractivity contribution is 0.171. The minimum Gasteiger partial charge on any atom is -0.486 e. The molecule has 0 atom stereocenters.